The second-order valence-electron chi connectivity index (χ2n) is 7.07. The summed E-state index contributed by atoms with van der Waals surface area (Å²) in [5.41, 5.74) is 2.30. The fraction of sp³-hybridized carbons (Fsp3) is 0.304. The van der Waals surface area contributed by atoms with E-state index in [9.17, 15) is 5.11 Å². The summed E-state index contributed by atoms with van der Waals surface area (Å²) < 4.78 is 16.6. The molecule has 0 bridgehead atoms. The van der Waals surface area contributed by atoms with Gasteiger partial charge in [-0.05, 0) is 52.2 Å². The van der Waals surface area contributed by atoms with Gasteiger partial charge in [0.25, 0.3) is 0 Å². The lowest BCUT2D eigenvalue weighted by molar-refractivity contribution is -0.0328. The Labute approximate surface area is 165 Å². The molecule has 1 saturated heterocycles. The Morgan fingerprint density at radius 1 is 1.00 bits per heavy atom. The molecule has 0 aromatic heterocycles. The number of hydrogen-bond acceptors (Lipinski definition) is 5. The number of phenolic OH excluding ortho intramolecular Hbond substituents is 1. The highest BCUT2D eigenvalue weighted by Crippen LogP contribution is 2.30. The first-order valence-electron chi connectivity index (χ1n) is 9.44. The van der Waals surface area contributed by atoms with Crippen molar-refractivity contribution in [1.29, 1.82) is 0 Å². The van der Waals surface area contributed by atoms with Crippen molar-refractivity contribution in [1.82, 2.24) is 4.90 Å². The van der Waals surface area contributed by atoms with Crippen LogP contribution in [-0.2, 0) is 11.3 Å². The molecule has 3 aromatic rings. The third-order valence-corrected chi connectivity index (χ3v) is 5.24. The Hall–Kier alpha value is -2.76. The van der Waals surface area contributed by atoms with Crippen LogP contribution in [0.5, 0.6) is 17.2 Å². The second-order valence-corrected chi connectivity index (χ2v) is 7.07. The Kier molecular flexibility index (Phi) is 5.37. The molecule has 1 unspecified atom stereocenters. The van der Waals surface area contributed by atoms with Crippen LogP contribution in [0.4, 0.5) is 0 Å². The van der Waals surface area contributed by atoms with Gasteiger partial charge in [0.05, 0.1) is 26.9 Å². The third-order valence-electron chi connectivity index (χ3n) is 5.24. The number of hydrogen-bond donors (Lipinski definition) is 1. The van der Waals surface area contributed by atoms with Gasteiger partial charge in [-0.3, -0.25) is 4.90 Å². The van der Waals surface area contributed by atoms with Crippen LogP contribution in [-0.4, -0.2) is 43.9 Å². The number of aromatic hydroxyl groups is 1. The number of ether oxygens (including phenoxy) is 3. The number of phenols is 1. The third kappa shape index (κ3) is 3.91. The number of rotatable bonds is 5. The van der Waals surface area contributed by atoms with Crippen LogP contribution >= 0.6 is 0 Å². The summed E-state index contributed by atoms with van der Waals surface area (Å²) in [6.45, 7) is 3.19. The Morgan fingerprint density at radius 3 is 2.64 bits per heavy atom. The predicted molar refractivity (Wildman–Crippen MR) is 109 cm³/mol. The first kappa shape index (κ1) is 18.6. The molecule has 5 heteroatoms. The minimum atomic E-state index is 0.0410. The van der Waals surface area contributed by atoms with Crippen LogP contribution in [0.1, 0.15) is 17.2 Å². The topological polar surface area (TPSA) is 51.2 Å². The first-order valence-corrected chi connectivity index (χ1v) is 9.44. The summed E-state index contributed by atoms with van der Waals surface area (Å²) in [5, 5.41) is 12.1. The summed E-state index contributed by atoms with van der Waals surface area (Å²) in [6, 6.07) is 18.1. The molecule has 0 spiro atoms. The average molecular weight is 379 g/mol. The molecule has 1 aliphatic heterocycles. The fourth-order valence-electron chi connectivity index (χ4n) is 3.70. The molecule has 0 aliphatic carbocycles. The smallest absolute Gasteiger partial charge is 0.160 e. The van der Waals surface area contributed by atoms with Crippen molar-refractivity contribution in [3.05, 3.63) is 65.7 Å². The monoisotopic (exact) mass is 379 g/mol. The molecule has 28 heavy (non-hydrogen) atoms. The van der Waals surface area contributed by atoms with E-state index >= 15 is 0 Å². The van der Waals surface area contributed by atoms with Crippen molar-refractivity contribution in [3.63, 3.8) is 0 Å². The molecular formula is C23H25NO4. The summed E-state index contributed by atoms with van der Waals surface area (Å²) in [5.74, 6) is 1.54. The van der Waals surface area contributed by atoms with E-state index in [4.69, 9.17) is 14.2 Å². The van der Waals surface area contributed by atoms with E-state index < -0.39 is 0 Å². The normalized spacial score (nSPS) is 17.6. The maximum absolute atomic E-state index is 9.78. The lowest BCUT2D eigenvalue weighted by atomic mass is 10.0. The Bertz CT molecular complexity index is 972. The van der Waals surface area contributed by atoms with Gasteiger partial charge in [-0.15, -0.1) is 0 Å². The highest BCUT2D eigenvalue weighted by Gasteiger charge is 2.22. The van der Waals surface area contributed by atoms with Crippen molar-refractivity contribution in [2.24, 2.45) is 0 Å². The van der Waals surface area contributed by atoms with Gasteiger partial charge in [0.2, 0.25) is 0 Å². The maximum Gasteiger partial charge on any atom is 0.160 e. The van der Waals surface area contributed by atoms with Crippen molar-refractivity contribution in [3.8, 4) is 17.2 Å². The molecule has 1 fully saturated rings. The molecule has 1 N–H and O–H groups in total. The van der Waals surface area contributed by atoms with E-state index in [1.807, 2.05) is 24.3 Å². The van der Waals surface area contributed by atoms with E-state index in [0.29, 0.717) is 12.4 Å². The molecule has 0 saturated carbocycles. The lowest BCUT2D eigenvalue weighted by Crippen LogP contribution is -2.37. The number of methoxy groups -OCH3 is 2. The van der Waals surface area contributed by atoms with Crippen LogP contribution in [0.25, 0.3) is 10.8 Å². The number of nitrogens with zero attached hydrogens (tertiary/aromatic N) is 1. The Balaban J connectivity index is 1.49. The molecule has 1 aliphatic rings. The second kappa shape index (κ2) is 8.09. The summed E-state index contributed by atoms with van der Waals surface area (Å²) >= 11 is 0. The molecule has 146 valence electrons. The lowest BCUT2D eigenvalue weighted by Gasteiger charge is -2.33. The SMILES string of the molecule is COc1ccc2cc(C3CN(Cc4ccc(O)c(OC)c4)CCO3)ccc2c1. The van der Waals surface area contributed by atoms with Gasteiger partial charge in [-0.25, -0.2) is 0 Å². The zero-order chi connectivity index (χ0) is 19.5. The highest BCUT2D eigenvalue weighted by atomic mass is 16.5. The minimum absolute atomic E-state index is 0.0410. The largest absolute Gasteiger partial charge is 0.504 e. The summed E-state index contributed by atoms with van der Waals surface area (Å²) in [7, 11) is 3.25. The van der Waals surface area contributed by atoms with Crippen molar-refractivity contribution >= 4 is 10.8 Å². The van der Waals surface area contributed by atoms with Gasteiger partial charge in [0.15, 0.2) is 11.5 Å². The average Bonchev–Trinajstić information content (AvgIpc) is 2.74. The van der Waals surface area contributed by atoms with Gasteiger partial charge in [0, 0.05) is 19.6 Å². The predicted octanol–water partition coefficient (Wildman–Crippen LogP) is 4.14. The van der Waals surface area contributed by atoms with Gasteiger partial charge in [0.1, 0.15) is 5.75 Å². The standard InChI is InChI=1S/C23H25NO4/c1-26-20-7-6-17-12-19(5-4-18(17)13-20)23-15-24(9-10-28-23)14-16-3-8-21(25)22(11-16)27-2/h3-8,11-13,23,25H,9-10,14-15H2,1-2H3. The molecule has 0 radical (unpaired) electrons. The molecule has 5 nitrogen and oxygen atoms in total. The van der Waals surface area contributed by atoms with Crippen LogP contribution in [0.15, 0.2) is 54.6 Å². The van der Waals surface area contributed by atoms with E-state index in [1.165, 1.54) is 10.9 Å². The number of morpholine rings is 1. The molecule has 4 rings (SSSR count). The van der Waals surface area contributed by atoms with Crippen molar-refractivity contribution in [2.45, 2.75) is 12.6 Å². The van der Waals surface area contributed by atoms with E-state index in [1.54, 1.807) is 20.3 Å². The van der Waals surface area contributed by atoms with Crippen molar-refractivity contribution in [2.75, 3.05) is 33.9 Å². The highest BCUT2D eigenvalue weighted by molar-refractivity contribution is 5.84. The van der Waals surface area contributed by atoms with Crippen LogP contribution in [0, 0.1) is 0 Å². The quantitative estimate of drug-likeness (QED) is 0.722. The van der Waals surface area contributed by atoms with Gasteiger partial charge in [-0.2, -0.15) is 0 Å². The van der Waals surface area contributed by atoms with Crippen LogP contribution < -0.4 is 9.47 Å². The minimum Gasteiger partial charge on any atom is -0.504 e. The molecular weight excluding hydrogens is 354 g/mol. The first-order chi connectivity index (χ1) is 13.7. The van der Waals surface area contributed by atoms with Gasteiger partial charge in [-0.1, -0.05) is 24.3 Å². The zero-order valence-corrected chi connectivity index (χ0v) is 16.2. The van der Waals surface area contributed by atoms with E-state index in [0.717, 1.165) is 36.3 Å². The van der Waals surface area contributed by atoms with Gasteiger partial charge < -0.3 is 19.3 Å². The van der Waals surface area contributed by atoms with Gasteiger partial charge >= 0.3 is 0 Å². The fourth-order valence-corrected chi connectivity index (χ4v) is 3.70. The van der Waals surface area contributed by atoms with E-state index in [2.05, 4.69) is 29.2 Å². The van der Waals surface area contributed by atoms with E-state index in [-0.39, 0.29) is 11.9 Å². The Morgan fingerprint density at radius 2 is 1.82 bits per heavy atom. The summed E-state index contributed by atoms with van der Waals surface area (Å²) in [6.07, 6.45) is 0.0410. The summed E-state index contributed by atoms with van der Waals surface area (Å²) in [4.78, 5) is 2.37. The number of benzene rings is 3. The van der Waals surface area contributed by atoms with Crippen LogP contribution in [0.2, 0.25) is 0 Å². The number of fused-ring (bicyclic) bond motifs is 1. The van der Waals surface area contributed by atoms with Crippen molar-refractivity contribution < 1.29 is 19.3 Å². The molecule has 1 heterocycles. The van der Waals surface area contributed by atoms with Crippen LogP contribution in [0.3, 0.4) is 0 Å². The zero-order valence-electron chi connectivity index (χ0n) is 16.2. The molecule has 1 atom stereocenters. The maximum atomic E-state index is 9.78. The molecule has 0 amide bonds. The molecule has 3 aromatic carbocycles.